The molecule has 0 radical (unpaired) electrons. The molecule has 7 heteroatoms. The van der Waals surface area contributed by atoms with Crippen LogP contribution in [0.2, 0.25) is 0 Å². The Morgan fingerprint density at radius 3 is 2.38 bits per heavy atom. The Hall–Kier alpha value is -3.14. The average Bonchev–Trinajstić information content (AvgIpc) is 3.03. The van der Waals surface area contributed by atoms with E-state index < -0.39 is 0 Å². The van der Waals surface area contributed by atoms with Gasteiger partial charge in [-0.15, -0.1) is 0 Å². The van der Waals surface area contributed by atoms with Gasteiger partial charge in [-0.1, -0.05) is 18.2 Å². The molecule has 0 spiro atoms. The first kappa shape index (κ1) is 20.6. The first-order valence-corrected chi connectivity index (χ1v) is 10.0. The highest BCUT2D eigenvalue weighted by molar-refractivity contribution is 5.94. The maximum atomic E-state index is 12.7. The summed E-state index contributed by atoms with van der Waals surface area (Å²) < 4.78 is 1.85. The Morgan fingerprint density at radius 2 is 1.72 bits per heavy atom. The summed E-state index contributed by atoms with van der Waals surface area (Å²) >= 11 is 0. The van der Waals surface area contributed by atoms with E-state index in [1.165, 1.54) is 0 Å². The lowest BCUT2D eigenvalue weighted by atomic mass is 10.1. The van der Waals surface area contributed by atoms with Gasteiger partial charge in [0.15, 0.2) is 0 Å². The number of carbonyl (C=O) groups is 2. The van der Waals surface area contributed by atoms with Crippen LogP contribution in [0.4, 0.5) is 0 Å². The number of nitriles is 1. The van der Waals surface area contributed by atoms with E-state index in [0.717, 1.165) is 17.0 Å². The minimum atomic E-state index is 0.0220. The van der Waals surface area contributed by atoms with Gasteiger partial charge in [-0.3, -0.25) is 14.3 Å². The van der Waals surface area contributed by atoms with Crippen LogP contribution in [0.3, 0.4) is 0 Å². The number of benzene rings is 1. The normalized spacial score (nSPS) is 14.0. The molecule has 2 aromatic rings. The second-order valence-electron chi connectivity index (χ2n) is 7.32. The van der Waals surface area contributed by atoms with Crippen LogP contribution in [-0.4, -0.2) is 57.6 Å². The van der Waals surface area contributed by atoms with E-state index in [2.05, 4.69) is 11.2 Å². The van der Waals surface area contributed by atoms with Crippen LogP contribution in [0, 0.1) is 25.2 Å². The third-order valence-corrected chi connectivity index (χ3v) is 5.50. The molecule has 0 bridgehead atoms. The fourth-order valence-electron chi connectivity index (χ4n) is 3.78. The van der Waals surface area contributed by atoms with Crippen LogP contribution < -0.4 is 0 Å². The van der Waals surface area contributed by atoms with E-state index >= 15 is 0 Å². The molecule has 152 valence electrons. The molecular weight excluding hydrogens is 366 g/mol. The monoisotopic (exact) mass is 393 g/mol. The van der Waals surface area contributed by atoms with Gasteiger partial charge in [0.25, 0.3) is 5.91 Å². The third kappa shape index (κ3) is 4.83. The van der Waals surface area contributed by atoms with Gasteiger partial charge >= 0.3 is 0 Å². The predicted molar refractivity (Wildman–Crippen MR) is 109 cm³/mol. The fraction of sp³-hybridized carbons (Fsp3) is 0.455. The van der Waals surface area contributed by atoms with Crippen molar-refractivity contribution in [2.45, 2.75) is 39.7 Å². The molecule has 1 aromatic carbocycles. The van der Waals surface area contributed by atoms with Crippen LogP contribution in [0.25, 0.3) is 0 Å². The van der Waals surface area contributed by atoms with Gasteiger partial charge in [-0.25, -0.2) is 0 Å². The summed E-state index contributed by atoms with van der Waals surface area (Å²) in [5, 5.41) is 13.3. The Bertz CT molecular complexity index is 905. The lowest BCUT2D eigenvalue weighted by Gasteiger charge is -2.35. The van der Waals surface area contributed by atoms with Crippen molar-refractivity contribution in [3.05, 3.63) is 52.8 Å². The van der Waals surface area contributed by atoms with E-state index in [1.807, 2.05) is 58.7 Å². The average molecular weight is 393 g/mol. The molecule has 0 saturated carbocycles. The highest BCUT2D eigenvalue weighted by Gasteiger charge is 2.25. The van der Waals surface area contributed by atoms with Crippen LogP contribution in [0.5, 0.6) is 0 Å². The van der Waals surface area contributed by atoms with Gasteiger partial charge < -0.3 is 9.80 Å². The van der Waals surface area contributed by atoms with Crippen molar-refractivity contribution in [3.63, 3.8) is 0 Å². The number of hydrogen-bond acceptors (Lipinski definition) is 4. The van der Waals surface area contributed by atoms with E-state index in [0.29, 0.717) is 57.5 Å². The van der Waals surface area contributed by atoms with E-state index in [9.17, 15) is 9.59 Å². The molecule has 2 amide bonds. The first-order valence-electron chi connectivity index (χ1n) is 10.0. The SMILES string of the molecule is Cc1nn(CCC#N)c(C)c1CCC(=O)N1CCN(C(=O)c2ccccc2)CC1. The van der Waals surface area contributed by atoms with Crippen molar-refractivity contribution in [2.75, 3.05) is 26.2 Å². The Morgan fingerprint density at radius 1 is 1.07 bits per heavy atom. The Kier molecular flexibility index (Phi) is 6.65. The van der Waals surface area contributed by atoms with Crippen LogP contribution in [-0.2, 0) is 17.8 Å². The zero-order chi connectivity index (χ0) is 20.8. The Balaban J connectivity index is 1.51. The standard InChI is InChI=1S/C22H27N5O2/c1-17-20(18(2)27(24-17)12-6-11-23)9-10-21(28)25-13-15-26(16-14-25)22(29)19-7-4-3-5-8-19/h3-5,7-8H,6,9-10,12-16H2,1-2H3. The van der Waals surface area contributed by atoms with Crippen LogP contribution in [0.15, 0.2) is 30.3 Å². The number of carbonyl (C=O) groups excluding carboxylic acids is 2. The highest BCUT2D eigenvalue weighted by atomic mass is 16.2. The topological polar surface area (TPSA) is 82.2 Å². The fourth-order valence-corrected chi connectivity index (χ4v) is 3.78. The lowest BCUT2D eigenvalue weighted by molar-refractivity contribution is -0.132. The van der Waals surface area contributed by atoms with Gasteiger partial charge in [0.05, 0.1) is 24.7 Å². The molecule has 1 fully saturated rings. The summed E-state index contributed by atoms with van der Waals surface area (Å²) in [6, 6.07) is 11.4. The number of nitrogens with zero attached hydrogens (tertiary/aromatic N) is 5. The molecule has 0 unspecified atom stereocenters. The number of amides is 2. The van der Waals surface area contributed by atoms with E-state index in [-0.39, 0.29) is 11.8 Å². The molecule has 2 heterocycles. The molecule has 1 aliphatic heterocycles. The number of aromatic nitrogens is 2. The highest BCUT2D eigenvalue weighted by Crippen LogP contribution is 2.17. The molecule has 1 aliphatic rings. The summed E-state index contributed by atoms with van der Waals surface area (Å²) in [7, 11) is 0. The number of rotatable bonds is 6. The van der Waals surface area contributed by atoms with Gasteiger partial charge in [0, 0.05) is 43.9 Å². The smallest absolute Gasteiger partial charge is 0.253 e. The van der Waals surface area contributed by atoms with E-state index in [4.69, 9.17) is 5.26 Å². The molecule has 0 N–H and O–H groups in total. The third-order valence-electron chi connectivity index (χ3n) is 5.50. The second kappa shape index (κ2) is 9.37. The molecule has 0 aliphatic carbocycles. The minimum Gasteiger partial charge on any atom is -0.339 e. The van der Waals surface area contributed by atoms with Crippen molar-refractivity contribution in [2.24, 2.45) is 0 Å². The van der Waals surface area contributed by atoms with Crippen molar-refractivity contribution >= 4 is 11.8 Å². The summed E-state index contributed by atoms with van der Waals surface area (Å²) in [5.41, 5.74) is 3.73. The predicted octanol–water partition coefficient (Wildman–Crippen LogP) is 2.33. The molecule has 29 heavy (non-hydrogen) atoms. The number of hydrogen-bond donors (Lipinski definition) is 0. The molecule has 7 nitrogen and oxygen atoms in total. The number of aryl methyl sites for hydroxylation is 2. The largest absolute Gasteiger partial charge is 0.339 e. The van der Waals surface area contributed by atoms with Crippen molar-refractivity contribution in [1.82, 2.24) is 19.6 Å². The van der Waals surface area contributed by atoms with Crippen molar-refractivity contribution in [1.29, 1.82) is 5.26 Å². The van der Waals surface area contributed by atoms with Gasteiger partial charge in [-0.05, 0) is 38.0 Å². The van der Waals surface area contributed by atoms with E-state index in [1.54, 1.807) is 0 Å². The second-order valence-corrected chi connectivity index (χ2v) is 7.32. The molecule has 3 rings (SSSR count). The van der Waals surface area contributed by atoms with Crippen molar-refractivity contribution < 1.29 is 9.59 Å². The van der Waals surface area contributed by atoms with Gasteiger partial charge in [0.2, 0.25) is 5.91 Å². The summed E-state index contributed by atoms with van der Waals surface area (Å²) in [4.78, 5) is 28.9. The Labute approximate surface area is 171 Å². The molecule has 1 aromatic heterocycles. The summed E-state index contributed by atoms with van der Waals surface area (Å²) in [6.07, 6.45) is 1.50. The summed E-state index contributed by atoms with van der Waals surface area (Å²) in [6.45, 7) is 6.77. The zero-order valence-electron chi connectivity index (χ0n) is 17.1. The zero-order valence-corrected chi connectivity index (χ0v) is 17.1. The quantitative estimate of drug-likeness (QED) is 0.754. The van der Waals surface area contributed by atoms with Gasteiger partial charge in [-0.2, -0.15) is 10.4 Å². The first-order chi connectivity index (χ1) is 14.0. The van der Waals surface area contributed by atoms with Crippen molar-refractivity contribution in [3.8, 4) is 6.07 Å². The molecular formula is C22H27N5O2. The number of piperazine rings is 1. The molecule has 1 saturated heterocycles. The maximum Gasteiger partial charge on any atom is 0.253 e. The minimum absolute atomic E-state index is 0.0220. The maximum absolute atomic E-state index is 12.7. The van der Waals surface area contributed by atoms with Gasteiger partial charge in [0.1, 0.15) is 0 Å². The van der Waals surface area contributed by atoms with Crippen LogP contribution >= 0.6 is 0 Å². The van der Waals surface area contributed by atoms with Crippen LogP contribution in [0.1, 0.15) is 40.2 Å². The lowest BCUT2D eigenvalue weighted by Crippen LogP contribution is -2.50. The summed E-state index contributed by atoms with van der Waals surface area (Å²) in [5.74, 6) is 0.133. The molecule has 0 atom stereocenters.